The van der Waals surface area contributed by atoms with Crippen LogP contribution in [0.25, 0.3) is 11.1 Å². The molecule has 162 valence electrons. The van der Waals surface area contributed by atoms with Gasteiger partial charge in [0.15, 0.2) is 0 Å². The number of ether oxygens (including phenoxy) is 1. The fourth-order valence-corrected chi connectivity index (χ4v) is 3.45. The molecular weight excluding hydrogens is 405 g/mol. The van der Waals surface area contributed by atoms with Gasteiger partial charge in [-0.05, 0) is 36.8 Å². The Morgan fingerprint density at radius 3 is 2.71 bits per heavy atom. The molecule has 2 aliphatic rings. The highest BCUT2D eigenvalue weighted by atomic mass is 19.1. The highest BCUT2D eigenvalue weighted by Crippen LogP contribution is 2.30. The molecule has 1 saturated heterocycles. The van der Waals surface area contributed by atoms with Gasteiger partial charge < -0.3 is 14.7 Å². The standard InChI is InChI=1S/C21H22FN5O4/c1-2-16-11-26(21(30)31-16)15-4-5-17(18(22)9-15)14-3-6-19(23-10-14)25-7-8-27(24-13-25)20(29)12-28/h3-6,9-10,13,16,28H,2,7-8,11-12H2,1H3/t16-/m0/s1. The molecule has 2 aromatic rings. The van der Waals surface area contributed by atoms with Gasteiger partial charge in [-0.1, -0.05) is 6.92 Å². The van der Waals surface area contributed by atoms with Crippen LogP contribution in [0.1, 0.15) is 13.3 Å². The van der Waals surface area contributed by atoms with Crippen molar-refractivity contribution in [3.05, 3.63) is 42.3 Å². The minimum Gasteiger partial charge on any atom is -0.444 e. The number of hydrogen-bond acceptors (Lipinski definition) is 7. The summed E-state index contributed by atoms with van der Waals surface area (Å²) in [5.74, 6) is -0.325. The van der Waals surface area contributed by atoms with Crippen molar-refractivity contribution in [2.45, 2.75) is 19.4 Å². The number of amides is 2. The van der Waals surface area contributed by atoms with Crippen molar-refractivity contribution >= 4 is 29.8 Å². The molecular formula is C21H22FN5O4. The molecule has 1 fully saturated rings. The first-order valence-electron chi connectivity index (χ1n) is 9.96. The Kier molecular flexibility index (Phi) is 5.81. The molecule has 1 atom stereocenters. The lowest BCUT2D eigenvalue weighted by Gasteiger charge is -2.27. The molecule has 9 nitrogen and oxygen atoms in total. The van der Waals surface area contributed by atoms with Gasteiger partial charge in [-0.15, -0.1) is 0 Å². The number of anilines is 2. The summed E-state index contributed by atoms with van der Waals surface area (Å²) in [4.78, 5) is 31.0. The Hall–Kier alpha value is -3.53. The average Bonchev–Trinajstić information content (AvgIpc) is 3.19. The highest BCUT2D eigenvalue weighted by molar-refractivity contribution is 5.90. The van der Waals surface area contributed by atoms with E-state index >= 15 is 0 Å². The predicted molar refractivity (Wildman–Crippen MR) is 112 cm³/mol. The van der Waals surface area contributed by atoms with Gasteiger partial charge in [0, 0.05) is 23.9 Å². The van der Waals surface area contributed by atoms with E-state index < -0.39 is 24.4 Å². The van der Waals surface area contributed by atoms with Crippen molar-refractivity contribution in [2.75, 3.05) is 36.0 Å². The monoisotopic (exact) mass is 427 g/mol. The van der Waals surface area contributed by atoms with Crippen LogP contribution in [0.4, 0.5) is 20.7 Å². The molecule has 0 saturated carbocycles. The van der Waals surface area contributed by atoms with Crippen LogP contribution < -0.4 is 9.80 Å². The minimum absolute atomic E-state index is 0.181. The number of aromatic nitrogens is 1. The average molecular weight is 427 g/mol. The second-order valence-electron chi connectivity index (χ2n) is 7.19. The quantitative estimate of drug-likeness (QED) is 0.786. The Bertz CT molecular complexity index is 1010. The lowest BCUT2D eigenvalue weighted by atomic mass is 10.1. The Labute approximate surface area is 178 Å². The largest absolute Gasteiger partial charge is 0.444 e. The van der Waals surface area contributed by atoms with Gasteiger partial charge in [0.05, 0.1) is 18.8 Å². The van der Waals surface area contributed by atoms with Crippen LogP contribution in [0.5, 0.6) is 0 Å². The number of carbonyl (C=O) groups is 2. The summed E-state index contributed by atoms with van der Waals surface area (Å²) in [5, 5.41) is 14.1. The molecule has 0 aliphatic carbocycles. The third-order valence-electron chi connectivity index (χ3n) is 5.25. The number of hydrogen-bond donors (Lipinski definition) is 1. The molecule has 4 rings (SSSR count). The fraction of sp³-hybridized carbons (Fsp3) is 0.333. The number of nitrogens with zero attached hydrogens (tertiary/aromatic N) is 5. The van der Waals surface area contributed by atoms with Crippen molar-refractivity contribution in [1.29, 1.82) is 0 Å². The van der Waals surface area contributed by atoms with E-state index in [1.165, 1.54) is 22.3 Å². The third-order valence-corrected chi connectivity index (χ3v) is 5.25. The normalized spacial score (nSPS) is 18.5. The molecule has 1 aromatic carbocycles. The summed E-state index contributed by atoms with van der Waals surface area (Å²) in [5.41, 5.74) is 1.42. The topological polar surface area (TPSA) is 98.6 Å². The minimum atomic E-state index is -0.591. The van der Waals surface area contributed by atoms with E-state index in [0.717, 1.165) is 0 Å². The molecule has 0 radical (unpaired) electrons. The van der Waals surface area contributed by atoms with Crippen molar-refractivity contribution in [1.82, 2.24) is 9.99 Å². The lowest BCUT2D eigenvalue weighted by molar-refractivity contribution is -0.134. The molecule has 2 aliphatic heterocycles. The van der Waals surface area contributed by atoms with Crippen LogP contribution in [-0.2, 0) is 9.53 Å². The number of carbonyl (C=O) groups excluding carboxylic acids is 2. The van der Waals surface area contributed by atoms with Gasteiger partial charge in [-0.3, -0.25) is 9.69 Å². The van der Waals surface area contributed by atoms with Gasteiger partial charge in [0.2, 0.25) is 0 Å². The number of benzene rings is 1. The highest BCUT2D eigenvalue weighted by Gasteiger charge is 2.31. The number of aliphatic hydroxyl groups is 1. The first-order chi connectivity index (χ1) is 15.0. The van der Waals surface area contributed by atoms with Crippen molar-refractivity contribution < 1.29 is 23.8 Å². The van der Waals surface area contributed by atoms with E-state index in [1.54, 1.807) is 35.4 Å². The summed E-state index contributed by atoms with van der Waals surface area (Å²) in [6.45, 7) is 2.54. The van der Waals surface area contributed by atoms with Crippen molar-refractivity contribution in [2.24, 2.45) is 5.10 Å². The molecule has 2 amide bonds. The number of aliphatic hydroxyl groups excluding tert-OH is 1. The van der Waals surface area contributed by atoms with E-state index in [4.69, 9.17) is 9.84 Å². The number of pyridine rings is 1. The van der Waals surface area contributed by atoms with Crippen molar-refractivity contribution in [3.8, 4) is 11.1 Å². The van der Waals surface area contributed by atoms with Gasteiger partial charge in [0.1, 0.15) is 30.7 Å². The Morgan fingerprint density at radius 2 is 2.13 bits per heavy atom. The number of halogens is 1. The number of cyclic esters (lactones) is 1. The number of hydrazone groups is 1. The Balaban J connectivity index is 1.48. The molecule has 1 N–H and O–H groups in total. The van der Waals surface area contributed by atoms with Gasteiger partial charge >= 0.3 is 6.09 Å². The second-order valence-corrected chi connectivity index (χ2v) is 7.19. The smallest absolute Gasteiger partial charge is 0.414 e. The van der Waals surface area contributed by atoms with Crippen molar-refractivity contribution in [3.63, 3.8) is 0 Å². The third kappa shape index (κ3) is 4.19. The van der Waals surface area contributed by atoms with E-state index in [0.29, 0.717) is 48.7 Å². The second kappa shape index (κ2) is 8.68. The predicted octanol–water partition coefficient (Wildman–Crippen LogP) is 2.21. The SMILES string of the molecule is CC[C@H]1CN(c2ccc(-c3ccc(N4C=NN(C(=O)CO)CC4)nc3)c(F)c2)C(=O)O1. The van der Waals surface area contributed by atoms with Crippen LogP contribution in [0.3, 0.4) is 0 Å². The summed E-state index contributed by atoms with van der Waals surface area (Å²) < 4.78 is 20.0. The van der Waals surface area contributed by atoms with Crippen LogP contribution in [0.15, 0.2) is 41.6 Å². The van der Waals surface area contributed by atoms with Crippen LogP contribution >= 0.6 is 0 Å². The first-order valence-corrected chi connectivity index (χ1v) is 9.96. The maximum absolute atomic E-state index is 14.8. The summed E-state index contributed by atoms with van der Waals surface area (Å²) in [7, 11) is 0. The van der Waals surface area contributed by atoms with E-state index in [2.05, 4.69) is 10.1 Å². The zero-order valence-electron chi connectivity index (χ0n) is 16.9. The summed E-state index contributed by atoms with van der Waals surface area (Å²) >= 11 is 0. The lowest BCUT2D eigenvalue weighted by Crippen LogP contribution is -2.41. The summed E-state index contributed by atoms with van der Waals surface area (Å²) in [6.07, 6.45) is 3.08. The van der Waals surface area contributed by atoms with E-state index in [9.17, 15) is 14.0 Å². The molecule has 0 spiro atoms. The number of rotatable bonds is 5. The van der Waals surface area contributed by atoms with Gasteiger partial charge in [-0.2, -0.15) is 5.10 Å². The maximum Gasteiger partial charge on any atom is 0.414 e. The molecule has 1 aromatic heterocycles. The molecule has 10 heteroatoms. The van der Waals surface area contributed by atoms with E-state index in [1.807, 2.05) is 6.92 Å². The zero-order valence-corrected chi connectivity index (χ0v) is 16.9. The fourth-order valence-electron chi connectivity index (χ4n) is 3.45. The first kappa shape index (κ1) is 20.7. The van der Waals surface area contributed by atoms with Crippen LogP contribution in [0.2, 0.25) is 0 Å². The maximum atomic E-state index is 14.8. The summed E-state index contributed by atoms with van der Waals surface area (Å²) in [6, 6.07) is 8.12. The Morgan fingerprint density at radius 1 is 1.29 bits per heavy atom. The molecule has 3 heterocycles. The van der Waals surface area contributed by atoms with Gasteiger partial charge in [0.25, 0.3) is 5.91 Å². The molecule has 0 bridgehead atoms. The molecule has 0 unspecified atom stereocenters. The molecule has 31 heavy (non-hydrogen) atoms. The van der Waals surface area contributed by atoms with Gasteiger partial charge in [-0.25, -0.2) is 19.2 Å². The van der Waals surface area contributed by atoms with E-state index in [-0.39, 0.29) is 6.10 Å². The van der Waals surface area contributed by atoms with Crippen LogP contribution in [-0.4, -0.2) is 65.8 Å². The van der Waals surface area contributed by atoms with Crippen LogP contribution in [0, 0.1) is 5.82 Å². The zero-order chi connectivity index (χ0) is 22.0.